The first-order chi connectivity index (χ1) is 12.5. The van der Waals surface area contributed by atoms with Gasteiger partial charge in [0, 0.05) is 0 Å². The molecule has 0 aliphatic carbocycles. The molecule has 2 amide bonds. The highest BCUT2D eigenvalue weighted by Gasteiger charge is 2.27. The second-order valence-corrected chi connectivity index (χ2v) is 6.03. The summed E-state index contributed by atoms with van der Waals surface area (Å²) in [6.07, 6.45) is 1.54. The van der Waals surface area contributed by atoms with E-state index in [0.717, 1.165) is 0 Å². The number of benzene rings is 1. The molecular formula is C19H24N2O5. The van der Waals surface area contributed by atoms with E-state index in [2.05, 4.69) is 10.6 Å². The van der Waals surface area contributed by atoms with E-state index in [9.17, 15) is 9.59 Å². The van der Waals surface area contributed by atoms with Crippen LogP contribution in [-0.2, 0) is 11.3 Å². The van der Waals surface area contributed by atoms with Gasteiger partial charge in [0.25, 0.3) is 5.91 Å². The summed E-state index contributed by atoms with van der Waals surface area (Å²) in [4.78, 5) is 25.3. The molecule has 0 radical (unpaired) electrons. The summed E-state index contributed by atoms with van der Waals surface area (Å²) in [7, 11) is 2.95. The highest BCUT2D eigenvalue weighted by Crippen LogP contribution is 2.28. The van der Waals surface area contributed by atoms with Crippen LogP contribution >= 0.6 is 0 Å². The van der Waals surface area contributed by atoms with Gasteiger partial charge in [-0.25, -0.2) is 0 Å². The Bertz CT molecular complexity index is 718. The summed E-state index contributed by atoms with van der Waals surface area (Å²) in [6.45, 7) is 3.97. The maximum absolute atomic E-state index is 12.8. The molecule has 26 heavy (non-hydrogen) atoms. The number of amides is 2. The lowest BCUT2D eigenvalue weighted by Gasteiger charge is -2.22. The van der Waals surface area contributed by atoms with Crippen molar-refractivity contribution >= 4 is 11.8 Å². The van der Waals surface area contributed by atoms with Crippen molar-refractivity contribution in [2.45, 2.75) is 26.4 Å². The van der Waals surface area contributed by atoms with Crippen LogP contribution in [0.25, 0.3) is 0 Å². The normalized spacial score (nSPS) is 11.7. The lowest BCUT2D eigenvalue weighted by atomic mass is 10.0. The van der Waals surface area contributed by atoms with Crippen LogP contribution in [-0.4, -0.2) is 32.1 Å². The SMILES string of the molecule is COc1cccc(OC)c1C(=O)N[C@H](C(=O)NCc1ccco1)C(C)C. The molecule has 2 N–H and O–H groups in total. The maximum atomic E-state index is 12.8. The first-order valence-electron chi connectivity index (χ1n) is 8.29. The zero-order chi connectivity index (χ0) is 19.1. The fourth-order valence-electron chi connectivity index (χ4n) is 2.52. The predicted molar refractivity (Wildman–Crippen MR) is 96.2 cm³/mol. The predicted octanol–water partition coefficient (Wildman–Crippen LogP) is 2.37. The second kappa shape index (κ2) is 8.94. The molecule has 140 valence electrons. The van der Waals surface area contributed by atoms with Crippen molar-refractivity contribution in [3.63, 3.8) is 0 Å². The van der Waals surface area contributed by atoms with Crippen molar-refractivity contribution in [2.75, 3.05) is 14.2 Å². The van der Waals surface area contributed by atoms with E-state index in [1.807, 2.05) is 13.8 Å². The molecule has 1 aromatic carbocycles. The number of rotatable bonds is 8. The standard InChI is InChI=1S/C19H24N2O5/c1-12(2)17(19(23)20-11-13-7-6-10-26-13)21-18(22)16-14(24-3)8-5-9-15(16)25-4/h5-10,12,17H,11H2,1-4H3,(H,20,23)(H,21,22)/t17-/m0/s1. The minimum atomic E-state index is -0.716. The van der Waals surface area contributed by atoms with Crippen LogP contribution in [0.3, 0.4) is 0 Å². The smallest absolute Gasteiger partial charge is 0.259 e. The third-order valence-electron chi connectivity index (χ3n) is 3.91. The summed E-state index contributed by atoms with van der Waals surface area (Å²) >= 11 is 0. The zero-order valence-corrected chi connectivity index (χ0v) is 15.4. The number of carbonyl (C=O) groups is 2. The molecule has 2 aromatic rings. The van der Waals surface area contributed by atoms with Crippen molar-refractivity contribution in [1.82, 2.24) is 10.6 Å². The summed E-state index contributed by atoms with van der Waals surface area (Å²) in [6, 6.07) is 7.86. The average molecular weight is 360 g/mol. The van der Waals surface area contributed by atoms with Crippen molar-refractivity contribution in [3.05, 3.63) is 47.9 Å². The van der Waals surface area contributed by atoms with Crippen LogP contribution in [0, 0.1) is 5.92 Å². The zero-order valence-electron chi connectivity index (χ0n) is 15.4. The Hall–Kier alpha value is -2.96. The summed E-state index contributed by atoms with van der Waals surface area (Å²) in [5.74, 6) is 0.542. The highest BCUT2D eigenvalue weighted by atomic mass is 16.5. The molecule has 2 rings (SSSR count). The Kier molecular flexibility index (Phi) is 6.66. The molecule has 0 aliphatic rings. The number of hydrogen-bond donors (Lipinski definition) is 2. The Labute approximate surface area is 152 Å². The van der Waals surface area contributed by atoms with Gasteiger partial charge in [0.15, 0.2) is 0 Å². The van der Waals surface area contributed by atoms with Crippen LogP contribution < -0.4 is 20.1 Å². The molecule has 0 spiro atoms. The highest BCUT2D eigenvalue weighted by molar-refractivity contribution is 6.02. The van der Waals surface area contributed by atoms with E-state index in [4.69, 9.17) is 13.9 Å². The quantitative estimate of drug-likeness (QED) is 0.754. The largest absolute Gasteiger partial charge is 0.496 e. The van der Waals surface area contributed by atoms with Crippen LogP contribution in [0.5, 0.6) is 11.5 Å². The van der Waals surface area contributed by atoms with E-state index in [-0.39, 0.29) is 23.9 Å². The molecule has 1 heterocycles. The van der Waals surface area contributed by atoms with Crippen molar-refractivity contribution < 1.29 is 23.5 Å². The van der Waals surface area contributed by atoms with Crippen LogP contribution in [0.15, 0.2) is 41.0 Å². The molecule has 0 bridgehead atoms. The van der Waals surface area contributed by atoms with Crippen LogP contribution in [0.1, 0.15) is 30.0 Å². The van der Waals surface area contributed by atoms with Gasteiger partial charge < -0.3 is 24.5 Å². The fraction of sp³-hybridized carbons (Fsp3) is 0.368. The van der Waals surface area contributed by atoms with Crippen LogP contribution in [0.4, 0.5) is 0 Å². The fourth-order valence-corrected chi connectivity index (χ4v) is 2.52. The molecule has 1 atom stereocenters. The number of furan rings is 1. The van der Waals surface area contributed by atoms with Gasteiger partial charge in [0.2, 0.25) is 5.91 Å². The van der Waals surface area contributed by atoms with E-state index in [1.54, 1.807) is 30.3 Å². The summed E-state index contributed by atoms with van der Waals surface area (Å²) < 4.78 is 15.7. The first-order valence-corrected chi connectivity index (χ1v) is 8.29. The lowest BCUT2D eigenvalue weighted by molar-refractivity contribution is -0.124. The molecular weight excluding hydrogens is 336 g/mol. The topological polar surface area (TPSA) is 89.8 Å². The Morgan fingerprint density at radius 3 is 2.23 bits per heavy atom. The number of nitrogens with one attached hydrogen (secondary N) is 2. The Morgan fingerprint density at radius 2 is 1.73 bits per heavy atom. The van der Waals surface area contributed by atoms with Gasteiger partial charge in [0.05, 0.1) is 27.0 Å². The van der Waals surface area contributed by atoms with E-state index < -0.39 is 11.9 Å². The Balaban J connectivity index is 2.14. The molecule has 0 saturated heterocycles. The lowest BCUT2D eigenvalue weighted by Crippen LogP contribution is -2.49. The first kappa shape index (κ1) is 19.4. The second-order valence-electron chi connectivity index (χ2n) is 6.03. The molecule has 0 saturated carbocycles. The van der Waals surface area contributed by atoms with Gasteiger partial charge in [-0.15, -0.1) is 0 Å². The van der Waals surface area contributed by atoms with Gasteiger partial charge in [-0.3, -0.25) is 9.59 Å². The van der Waals surface area contributed by atoms with Crippen molar-refractivity contribution in [3.8, 4) is 11.5 Å². The van der Waals surface area contributed by atoms with E-state index in [1.165, 1.54) is 20.5 Å². The van der Waals surface area contributed by atoms with E-state index >= 15 is 0 Å². The molecule has 1 aromatic heterocycles. The van der Waals surface area contributed by atoms with E-state index in [0.29, 0.717) is 17.3 Å². The van der Waals surface area contributed by atoms with Gasteiger partial charge in [-0.1, -0.05) is 19.9 Å². The molecule has 0 unspecified atom stereocenters. The molecule has 0 fully saturated rings. The van der Waals surface area contributed by atoms with Crippen LogP contribution in [0.2, 0.25) is 0 Å². The van der Waals surface area contributed by atoms with Gasteiger partial charge in [-0.05, 0) is 30.2 Å². The summed E-state index contributed by atoms with van der Waals surface area (Å²) in [5.41, 5.74) is 0.252. The van der Waals surface area contributed by atoms with Crippen molar-refractivity contribution in [1.29, 1.82) is 0 Å². The van der Waals surface area contributed by atoms with Crippen molar-refractivity contribution in [2.24, 2.45) is 5.92 Å². The van der Waals surface area contributed by atoms with Gasteiger partial charge in [-0.2, -0.15) is 0 Å². The molecule has 7 nitrogen and oxygen atoms in total. The minimum Gasteiger partial charge on any atom is -0.496 e. The number of carbonyl (C=O) groups excluding carboxylic acids is 2. The number of methoxy groups -OCH3 is 2. The summed E-state index contributed by atoms with van der Waals surface area (Å²) in [5, 5.41) is 5.54. The maximum Gasteiger partial charge on any atom is 0.259 e. The number of hydrogen-bond acceptors (Lipinski definition) is 5. The monoisotopic (exact) mass is 360 g/mol. The molecule has 0 aliphatic heterocycles. The molecule has 7 heteroatoms. The Morgan fingerprint density at radius 1 is 1.08 bits per heavy atom. The van der Waals surface area contributed by atoms with Gasteiger partial charge >= 0.3 is 0 Å². The third kappa shape index (κ3) is 4.56. The van der Waals surface area contributed by atoms with Gasteiger partial charge in [0.1, 0.15) is 28.9 Å². The number of ether oxygens (including phenoxy) is 2. The third-order valence-corrected chi connectivity index (χ3v) is 3.91. The minimum absolute atomic E-state index is 0.115. The average Bonchev–Trinajstić information content (AvgIpc) is 3.16.